The first-order chi connectivity index (χ1) is 16.3. The molecular weight excluding hydrogens is 446 g/mol. The van der Waals surface area contributed by atoms with Gasteiger partial charge in [-0.1, -0.05) is 72.3 Å². The normalized spacial score (nSPS) is 13.2. The summed E-state index contributed by atoms with van der Waals surface area (Å²) in [5, 5.41) is 3.04. The quantitative estimate of drug-likeness (QED) is 0.260. The zero-order chi connectivity index (χ0) is 21.9. The Bertz CT molecular complexity index is 1730. The number of thiophene rings is 1. The summed E-state index contributed by atoms with van der Waals surface area (Å²) in [6.07, 6.45) is 6.49. The van der Waals surface area contributed by atoms with Crippen molar-refractivity contribution in [3.63, 3.8) is 0 Å². The average molecular weight is 464 g/mol. The van der Waals surface area contributed by atoms with Gasteiger partial charge >= 0.3 is 0 Å². The van der Waals surface area contributed by atoms with Crippen molar-refractivity contribution in [1.82, 2.24) is 14.5 Å². The lowest BCUT2D eigenvalue weighted by molar-refractivity contribution is 0.853. The predicted molar refractivity (Wildman–Crippen MR) is 140 cm³/mol. The maximum atomic E-state index is 6.39. The van der Waals surface area contributed by atoms with Crippen molar-refractivity contribution in [2.75, 3.05) is 0 Å². The van der Waals surface area contributed by atoms with Gasteiger partial charge in [-0.25, -0.2) is 9.97 Å². The molecule has 0 radical (unpaired) electrons. The minimum Gasteiger partial charge on any atom is -0.282 e. The number of aromatic nitrogens is 3. The van der Waals surface area contributed by atoms with Crippen molar-refractivity contribution in [3.8, 4) is 17.2 Å². The van der Waals surface area contributed by atoms with Crippen LogP contribution >= 0.6 is 22.9 Å². The van der Waals surface area contributed by atoms with Crippen LogP contribution in [0.4, 0.5) is 0 Å². The second-order valence-electron chi connectivity index (χ2n) is 8.31. The second kappa shape index (κ2) is 7.27. The van der Waals surface area contributed by atoms with E-state index in [1.807, 2.05) is 18.2 Å². The van der Waals surface area contributed by atoms with Gasteiger partial charge in [0.25, 0.3) is 0 Å². The van der Waals surface area contributed by atoms with E-state index in [4.69, 9.17) is 21.6 Å². The number of hydrogen-bond donors (Lipinski definition) is 0. The van der Waals surface area contributed by atoms with Gasteiger partial charge in [-0.05, 0) is 37.1 Å². The summed E-state index contributed by atoms with van der Waals surface area (Å²) in [6, 6.07) is 25.0. The summed E-state index contributed by atoms with van der Waals surface area (Å²) in [4.78, 5) is 10.4. The molecule has 158 valence electrons. The zero-order valence-electron chi connectivity index (χ0n) is 17.6. The lowest BCUT2D eigenvalue weighted by Crippen LogP contribution is -2.07. The van der Waals surface area contributed by atoms with Crippen molar-refractivity contribution in [2.24, 2.45) is 0 Å². The molecule has 1 aliphatic carbocycles. The van der Waals surface area contributed by atoms with Crippen molar-refractivity contribution >= 4 is 60.2 Å². The first kappa shape index (κ1) is 19.0. The lowest BCUT2D eigenvalue weighted by atomic mass is 10.0. The average Bonchev–Trinajstić information content (AvgIpc) is 3.39. The minimum atomic E-state index is 0.716. The summed E-state index contributed by atoms with van der Waals surface area (Å²) in [6.45, 7) is 0. The molecule has 3 nitrogen and oxygen atoms in total. The molecule has 5 heteroatoms. The molecule has 0 N–H and O–H groups in total. The van der Waals surface area contributed by atoms with E-state index in [2.05, 4.69) is 71.3 Å². The summed E-state index contributed by atoms with van der Waals surface area (Å²) < 4.78 is 4.52. The molecule has 33 heavy (non-hydrogen) atoms. The van der Waals surface area contributed by atoms with E-state index < -0.39 is 0 Å². The van der Waals surface area contributed by atoms with E-state index in [1.165, 1.54) is 21.3 Å². The molecule has 0 aliphatic heterocycles. The molecule has 0 saturated heterocycles. The van der Waals surface area contributed by atoms with Crippen molar-refractivity contribution in [1.29, 1.82) is 0 Å². The molecule has 7 rings (SSSR count). The summed E-state index contributed by atoms with van der Waals surface area (Å²) in [5.41, 5.74) is 6.71. The smallest absolute Gasteiger partial charge is 0.235 e. The number of para-hydroxylation sites is 1. The van der Waals surface area contributed by atoms with E-state index >= 15 is 0 Å². The molecule has 0 amide bonds. The van der Waals surface area contributed by atoms with Crippen molar-refractivity contribution in [3.05, 3.63) is 95.2 Å². The van der Waals surface area contributed by atoms with Crippen LogP contribution in [0.1, 0.15) is 17.7 Å². The molecule has 1 aliphatic rings. The first-order valence-electron chi connectivity index (χ1n) is 11.0. The van der Waals surface area contributed by atoms with Crippen LogP contribution in [0.15, 0.2) is 78.9 Å². The third-order valence-electron chi connectivity index (χ3n) is 6.36. The fourth-order valence-electron chi connectivity index (χ4n) is 4.90. The molecule has 0 fully saturated rings. The number of benzene rings is 3. The fraction of sp³-hybridized carbons (Fsp3) is 0.0714. The monoisotopic (exact) mass is 463 g/mol. The standard InChI is InChI=1S/C28H18ClN3S/c29-18-14-15-24-21(16-18)26-27(33-24)25(17-8-2-1-3-9-17)30-28(31-26)32-22-12-6-4-10-19(22)20-11-5-7-13-23(20)32/h1-6,8-12,14-16H,7,13H2. The Morgan fingerprint density at radius 2 is 1.73 bits per heavy atom. The lowest BCUT2D eigenvalue weighted by Gasteiger charge is -2.13. The van der Waals surface area contributed by atoms with Gasteiger partial charge in [-0.3, -0.25) is 4.57 Å². The van der Waals surface area contributed by atoms with Crippen LogP contribution in [-0.2, 0) is 6.42 Å². The van der Waals surface area contributed by atoms with Crippen LogP contribution < -0.4 is 0 Å². The number of allylic oxidation sites excluding steroid dienone is 1. The number of hydrogen-bond acceptors (Lipinski definition) is 3. The van der Waals surface area contributed by atoms with Crippen molar-refractivity contribution < 1.29 is 0 Å². The molecule has 0 saturated carbocycles. The van der Waals surface area contributed by atoms with E-state index in [0.29, 0.717) is 5.95 Å². The Hall–Kier alpha value is -3.47. The molecule has 6 aromatic rings. The second-order valence-corrected chi connectivity index (χ2v) is 9.80. The van der Waals surface area contributed by atoms with Crippen LogP contribution in [0.3, 0.4) is 0 Å². The predicted octanol–water partition coefficient (Wildman–Crippen LogP) is 8.07. The molecular formula is C28H18ClN3S. The topological polar surface area (TPSA) is 30.7 Å². The van der Waals surface area contributed by atoms with E-state index in [0.717, 1.165) is 50.2 Å². The molecule has 3 heterocycles. The highest BCUT2D eigenvalue weighted by Crippen LogP contribution is 2.40. The molecule has 0 unspecified atom stereocenters. The summed E-state index contributed by atoms with van der Waals surface area (Å²) in [7, 11) is 0. The van der Waals surface area contributed by atoms with Crippen LogP contribution in [0, 0.1) is 0 Å². The van der Waals surface area contributed by atoms with Gasteiger partial charge in [0.1, 0.15) is 0 Å². The number of nitrogens with zero attached hydrogens (tertiary/aromatic N) is 3. The largest absolute Gasteiger partial charge is 0.282 e. The SMILES string of the molecule is Clc1ccc2sc3c(-c4ccccc4)nc(-n4c5c(c6ccccc64)C=CCC5)nc3c2c1. The van der Waals surface area contributed by atoms with Gasteiger partial charge in [0, 0.05) is 37.3 Å². The molecule has 0 spiro atoms. The third kappa shape index (κ3) is 2.88. The Morgan fingerprint density at radius 1 is 0.879 bits per heavy atom. The maximum absolute atomic E-state index is 6.39. The third-order valence-corrected chi connectivity index (χ3v) is 7.76. The van der Waals surface area contributed by atoms with E-state index in [-0.39, 0.29) is 0 Å². The first-order valence-corrected chi connectivity index (χ1v) is 12.2. The number of halogens is 1. The van der Waals surface area contributed by atoms with Gasteiger partial charge in [-0.2, -0.15) is 0 Å². The van der Waals surface area contributed by atoms with Gasteiger partial charge in [0.2, 0.25) is 5.95 Å². The highest BCUT2D eigenvalue weighted by Gasteiger charge is 2.22. The fourth-order valence-corrected chi connectivity index (χ4v) is 6.20. The Kier molecular flexibility index (Phi) is 4.20. The number of rotatable bonds is 2. The number of fused-ring (bicyclic) bond motifs is 6. The van der Waals surface area contributed by atoms with Crippen LogP contribution in [0.2, 0.25) is 5.02 Å². The highest BCUT2D eigenvalue weighted by molar-refractivity contribution is 7.26. The van der Waals surface area contributed by atoms with Gasteiger partial charge < -0.3 is 0 Å². The summed E-state index contributed by atoms with van der Waals surface area (Å²) >= 11 is 8.12. The Labute approximate surface area is 199 Å². The van der Waals surface area contributed by atoms with Gasteiger partial charge in [0.05, 0.1) is 21.4 Å². The van der Waals surface area contributed by atoms with Crippen LogP contribution in [0.5, 0.6) is 0 Å². The van der Waals surface area contributed by atoms with E-state index in [1.54, 1.807) is 11.3 Å². The molecule has 0 atom stereocenters. The zero-order valence-corrected chi connectivity index (χ0v) is 19.2. The minimum absolute atomic E-state index is 0.716. The maximum Gasteiger partial charge on any atom is 0.235 e. The Balaban J connectivity index is 1.63. The van der Waals surface area contributed by atoms with Crippen LogP contribution in [-0.4, -0.2) is 14.5 Å². The van der Waals surface area contributed by atoms with Gasteiger partial charge in [-0.15, -0.1) is 11.3 Å². The van der Waals surface area contributed by atoms with Crippen molar-refractivity contribution in [2.45, 2.75) is 12.8 Å². The Morgan fingerprint density at radius 3 is 2.64 bits per heavy atom. The van der Waals surface area contributed by atoms with E-state index in [9.17, 15) is 0 Å². The van der Waals surface area contributed by atoms with Crippen LogP contribution in [0.25, 0.3) is 54.5 Å². The molecule has 3 aromatic carbocycles. The molecule has 3 aromatic heterocycles. The van der Waals surface area contributed by atoms with Gasteiger partial charge in [0.15, 0.2) is 0 Å². The molecule has 0 bridgehead atoms. The highest BCUT2D eigenvalue weighted by atomic mass is 35.5. The summed E-state index contributed by atoms with van der Waals surface area (Å²) in [5.74, 6) is 0.716.